The van der Waals surface area contributed by atoms with Crippen LogP contribution in [0, 0.1) is 11.7 Å². The van der Waals surface area contributed by atoms with Gasteiger partial charge in [-0.25, -0.2) is 17.6 Å². The molecule has 2 aliphatic rings. The number of hydrogen-bond donors (Lipinski definition) is 2. The number of aliphatic hydroxyl groups is 1. The van der Waals surface area contributed by atoms with Crippen molar-refractivity contribution >= 4 is 16.0 Å². The Bertz CT molecular complexity index is 707. The van der Waals surface area contributed by atoms with Gasteiger partial charge in [0.1, 0.15) is 10.7 Å². The third-order valence-corrected chi connectivity index (χ3v) is 5.84. The van der Waals surface area contributed by atoms with Crippen molar-refractivity contribution in [2.24, 2.45) is 5.92 Å². The third-order valence-electron chi connectivity index (χ3n) is 4.03. The van der Waals surface area contributed by atoms with E-state index in [1.54, 1.807) is 0 Å². The average molecular weight is 315 g/mol. The Morgan fingerprint density at radius 2 is 1.95 bits per heavy atom. The zero-order valence-corrected chi connectivity index (χ0v) is 11.8. The number of nitrogens with zero attached hydrogens (tertiary/aromatic N) is 1. The number of rotatable bonds is 4. The number of β-amino-alcohol motifs (C(OH)–C–C–N with tert-alkyl or cyclic N) is 1. The lowest BCUT2D eigenvalue weighted by molar-refractivity contribution is -0.0765. The van der Waals surface area contributed by atoms with Crippen LogP contribution in [0.5, 0.6) is 0 Å². The van der Waals surface area contributed by atoms with E-state index in [1.165, 1.54) is 0 Å². The molecular formula is C13H14FNO5S. The summed E-state index contributed by atoms with van der Waals surface area (Å²) in [6.07, 6.45) is 1.74. The van der Waals surface area contributed by atoms with Gasteiger partial charge in [-0.3, -0.25) is 0 Å². The summed E-state index contributed by atoms with van der Waals surface area (Å²) in [7, 11) is -4.13. The molecule has 3 rings (SSSR count). The van der Waals surface area contributed by atoms with Crippen LogP contribution in [0.1, 0.15) is 23.2 Å². The fourth-order valence-electron chi connectivity index (χ4n) is 2.59. The smallest absolute Gasteiger partial charge is 0.335 e. The predicted molar refractivity (Wildman–Crippen MR) is 69.8 cm³/mol. The minimum atomic E-state index is -4.13. The fraction of sp³-hybridized carbons (Fsp3) is 0.462. The average Bonchev–Trinajstić information content (AvgIpc) is 3.19. The monoisotopic (exact) mass is 315 g/mol. The molecule has 0 amide bonds. The van der Waals surface area contributed by atoms with E-state index in [4.69, 9.17) is 5.11 Å². The van der Waals surface area contributed by atoms with Gasteiger partial charge in [0, 0.05) is 13.1 Å². The molecule has 1 aliphatic heterocycles. The van der Waals surface area contributed by atoms with Crippen LogP contribution in [0.4, 0.5) is 4.39 Å². The van der Waals surface area contributed by atoms with Gasteiger partial charge < -0.3 is 10.2 Å². The molecule has 1 aromatic rings. The van der Waals surface area contributed by atoms with Crippen molar-refractivity contribution in [1.29, 1.82) is 0 Å². The first-order valence-electron chi connectivity index (χ1n) is 6.49. The summed E-state index contributed by atoms with van der Waals surface area (Å²) in [6, 6.07) is 2.64. The highest BCUT2D eigenvalue weighted by Gasteiger charge is 2.55. The number of benzene rings is 1. The Hall–Kier alpha value is -1.51. The zero-order chi connectivity index (χ0) is 15.4. The van der Waals surface area contributed by atoms with E-state index in [0.29, 0.717) is 0 Å². The molecule has 8 heteroatoms. The van der Waals surface area contributed by atoms with E-state index < -0.39 is 32.3 Å². The Labute approximate surface area is 120 Å². The second-order valence-electron chi connectivity index (χ2n) is 5.60. The maximum atomic E-state index is 13.8. The van der Waals surface area contributed by atoms with Crippen LogP contribution >= 0.6 is 0 Å². The van der Waals surface area contributed by atoms with Gasteiger partial charge in [-0.2, -0.15) is 4.31 Å². The Balaban J connectivity index is 1.89. The molecule has 1 aromatic carbocycles. The van der Waals surface area contributed by atoms with Gasteiger partial charge in [-0.1, -0.05) is 0 Å². The molecule has 2 N–H and O–H groups in total. The third kappa shape index (κ3) is 2.33. The number of carbonyl (C=O) groups is 1. The lowest BCUT2D eigenvalue weighted by Gasteiger charge is -2.45. The summed E-state index contributed by atoms with van der Waals surface area (Å²) in [4.78, 5) is 10.2. The lowest BCUT2D eigenvalue weighted by atomic mass is 9.91. The predicted octanol–water partition coefficient (Wildman–Crippen LogP) is 0.669. The van der Waals surface area contributed by atoms with Crippen molar-refractivity contribution in [3.8, 4) is 0 Å². The van der Waals surface area contributed by atoms with E-state index in [2.05, 4.69) is 0 Å². The summed E-state index contributed by atoms with van der Waals surface area (Å²) in [5, 5.41) is 19.0. The number of hydrogen-bond acceptors (Lipinski definition) is 4. The molecule has 1 saturated heterocycles. The Morgan fingerprint density at radius 1 is 1.33 bits per heavy atom. The Kier molecular flexibility index (Phi) is 3.09. The van der Waals surface area contributed by atoms with E-state index >= 15 is 0 Å². The minimum Gasteiger partial charge on any atom is -0.478 e. The van der Waals surface area contributed by atoms with Crippen LogP contribution in [0.15, 0.2) is 23.1 Å². The summed E-state index contributed by atoms with van der Waals surface area (Å²) in [6.45, 7) is -0.145. The zero-order valence-electron chi connectivity index (χ0n) is 11.0. The largest absolute Gasteiger partial charge is 0.478 e. The number of carboxylic acid groups (broad SMARTS) is 1. The number of aromatic carboxylic acids is 1. The molecule has 0 bridgehead atoms. The second-order valence-corrected chi connectivity index (χ2v) is 7.51. The van der Waals surface area contributed by atoms with Gasteiger partial charge in [0.05, 0.1) is 11.2 Å². The molecule has 0 spiro atoms. The van der Waals surface area contributed by atoms with E-state index in [9.17, 15) is 22.7 Å². The van der Waals surface area contributed by atoms with E-state index in [-0.39, 0.29) is 24.6 Å². The molecule has 1 saturated carbocycles. The highest BCUT2D eigenvalue weighted by molar-refractivity contribution is 7.89. The summed E-state index contributed by atoms with van der Waals surface area (Å²) < 4.78 is 39.4. The van der Waals surface area contributed by atoms with Crippen molar-refractivity contribution in [3.63, 3.8) is 0 Å². The first-order valence-corrected chi connectivity index (χ1v) is 7.93. The van der Waals surface area contributed by atoms with E-state index in [0.717, 1.165) is 35.3 Å². The topological polar surface area (TPSA) is 94.9 Å². The van der Waals surface area contributed by atoms with Gasteiger partial charge in [0.25, 0.3) is 0 Å². The standard InChI is InChI=1S/C13H14FNO5S/c14-10-4-1-8(12(16)17)5-11(10)21(19,20)15-6-13(18,7-15)9-2-3-9/h1,4-5,9,18H,2-3,6-7H2,(H,16,17). The molecular weight excluding hydrogens is 301 g/mol. The first-order chi connectivity index (χ1) is 9.74. The molecule has 114 valence electrons. The number of sulfonamides is 1. The molecule has 1 aliphatic carbocycles. The van der Waals surface area contributed by atoms with Crippen molar-refractivity contribution in [1.82, 2.24) is 4.31 Å². The lowest BCUT2D eigenvalue weighted by Crippen LogP contribution is -2.64. The highest BCUT2D eigenvalue weighted by atomic mass is 32.2. The van der Waals surface area contributed by atoms with Gasteiger partial charge in [0.15, 0.2) is 0 Å². The molecule has 0 unspecified atom stereocenters. The number of carboxylic acids is 1. The minimum absolute atomic E-state index is 0.0727. The Morgan fingerprint density at radius 3 is 2.48 bits per heavy atom. The molecule has 21 heavy (non-hydrogen) atoms. The van der Waals surface area contributed by atoms with Crippen LogP contribution in [-0.4, -0.2) is 47.6 Å². The van der Waals surface area contributed by atoms with Gasteiger partial charge in [0.2, 0.25) is 10.0 Å². The molecule has 6 nitrogen and oxygen atoms in total. The molecule has 0 radical (unpaired) electrons. The number of halogens is 1. The summed E-state index contributed by atoms with van der Waals surface area (Å²) >= 11 is 0. The fourth-order valence-corrected chi connectivity index (χ4v) is 4.24. The van der Waals surface area contributed by atoms with E-state index in [1.807, 2.05) is 0 Å². The first kappa shape index (κ1) is 14.4. The molecule has 0 aromatic heterocycles. The van der Waals surface area contributed by atoms with Gasteiger partial charge >= 0.3 is 5.97 Å². The summed E-state index contributed by atoms with van der Waals surface area (Å²) in [5.41, 5.74) is -1.32. The SMILES string of the molecule is O=C(O)c1ccc(F)c(S(=O)(=O)N2CC(O)(C3CC3)C2)c1. The maximum Gasteiger partial charge on any atom is 0.335 e. The van der Waals surface area contributed by atoms with Crippen molar-refractivity contribution in [2.75, 3.05) is 13.1 Å². The normalized spacial score (nSPS) is 21.8. The van der Waals surface area contributed by atoms with Crippen molar-refractivity contribution < 1.29 is 27.8 Å². The van der Waals surface area contributed by atoms with Gasteiger partial charge in [-0.05, 0) is 37.0 Å². The molecule has 1 heterocycles. The quantitative estimate of drug-likeness (QED) is 0.851. The van der Waals surface area contributed by atoms with Crippen LogP contribution in [0.2, 0.25) is 0 Å². The van der Waals surface area contributed by atoms with Crippen LogP contribution in [0.25, 0.3) is 0 Å². The van der Waals surface area contributed by atoms with Gasteiger partial charge in [-0.15, -0.1) is 0 Å². The maximum absolute atomic E-state index is 13.8. The van der Waals surface area contributed by atoms with Crippen LogP contribution < -0.4 is 0 Å². The summed E-state index contributed by atoms with van der Waals surface area (Å²) in [5.74, 6) is -2.22. The second kappa shape index (κ2) is 4.49. The molecule has 0 atom stereocenters. The highest BCUT2D eigenvalue weighted by Crippen LogP contribution is 2.46. The van der Waals surface area contributed by atoms with Crippen molar-refractivity contribution in [2.45, 2.75) is 23.3 Å². The van der Waals surface area contributed by atoms with Crippen molar-refractivity contribution in [3.05, 3.63) is 29.6 Å². The van der Waals surface area contributed by atoms with Crippen LogP contribution in [-0.2, 0) is 10.0 Å². The van der Waals surface area contributed by atoms with Crippen LogP contribution in [0.3, 0.4) is 0 Å². The molecule has 2 fully saturated rings.